The van der Waals surface area contributed by atoms with Crippen LogP contribution in [0, 0.1) is 0 Å². The molecule has 0 aromatic heterocycles. The zero-order chi connectivity index (χ0) is 13.8. The third-order valence-corrected chi connectivity index (χ3v) is 2.19. The van der Waals surface area contributed by atoms with Crippen LogP contribution in [0.2, 0.25) is 5.02 Å². The van der Waals surface area contributed by atoms with Crippen LogP contribution in [0.1, 0.15) is 33.3 Å². The van der Waals surface area contributed by atoms with Gasteiger partial charge in [0.1, 0.15) is 5.60 Å². The number of hydrogen-bond donors (Lipinski definition) is 1. The molecular weight excluding hydrogens is 252 g/mol. The summed E-state index contributed by atoms with van der Waals surface area (Å²) in [6, 6.07) is 7.24. The maximum absolute atomic E-state index is 11.4. The fourth-order valence-electron chi connectivity index (χ4n) is 1.21. The van der Waals surface area contributed by atoms with E-state index in [4.69, 9.17) is 16.3 Å². The van der Waals surface area contributed by atoms with Crippen molar-refractivity contribution in [2.75, 3.05) is 0 Å². The summed E-state index contributed by atoms with van der Waals surface area (Å²) in [6.07, 6.45) is -0.580. The molecule has 0 saturated carbocycles. The second kappa shape index (κ2) is 5.87. The van der Waals surface area contributed by atoms with E-state index in [1.807, 2.05) is 12.1 Å². The average Bonchev–Trinajstić information content (AvgIpc) is 2.23. The van der Waals surface area contributed by atoms with E-state index in [-0.39, 0.29) is 0 Å². The molecule has 1 N–H and O–H groups in total. The lowest BCUT2D eigenvalue weighted by molar-refractivity contribution is 0.0529. The zero-order valence-corrected chi connectivity index (χ0v) is 11.7. The first-order valence-electron chi connectivity index (χ1n) is 5.57. The van der Waals surface area contributed by atoms with Gasteiger partial charge in [0.05, 0.1) is 5.71 Å². The Kier molecular flexibility index (Phi) is 4.73. The molecule has 4 nitrogen and oxygen atoms in total. The normalized spacial score (nSPS) is 12.2. The van der Waals surface area contributed by atoms with Gasteiger partial charge in [0.15, 0.2) is 0 Å². The molecule has 0 saturated heterocycles. The van der Waals surface area contributed by atoms with Gasteiger partial charge in [-0.15, -0.1) is 0 Å². The Hall–Kier alpha value is -1.55. The van der Waals surface area contributed by atoms with Gasteiger partial charge in [0.25, 0.3) is 0 Å². The fraction of sp³-hybridized carbons (Fsp3) is 0.385. The lowest BCUT2D eigenvalue weighted by Gasteiger charge is -2.18. The maximum Gasteiger partial charge on any atom is 0.428 e. The number of rotatable bonds is 2. The molecule has 0 heterocycles. The molecule has 0 spiro atoms. The Morgan fingerprint density at radius 3 is 2.61 bits per heavy atom. The summed E-state index contributed by atoms with van der Waals surface area (Å²) in [7, 11) is 0. The first kappa shape index (κ1) is 14.5. The topological polar surface area (TPSA) is 50.7 Å². The molecule has 0 aliphatic heterocycles. The molecule has 0 atom stereocenters. The standard InChI is InChI=1S/C13H17ClN2O2/c1-9(10-6-5-7-11(14)8-10)15-16-12(17)18-13(2,3)4/h5-8H,1-4H3,(H,16,17)/b15-9-. The van der Waals surface area contributed by atoms with Crippen molar-refractivity contribution in [1.29, 1.82) is 0 Å². The molecular formula is C13H17ClN2O2. The highest BCUT2D eigenvalue weighted by molar-refractivity contribution is 6.31. The Morgan fingerprint density at radius 1 is 1.39 bits per heavy atom. The zero-order valence-electron chi connectivity index (χ0n) is 11.0. The van der Waals surface area contributed by atoms with E-state index in [9.17, 15) is 4.79 Å². The van der Waals surface area contributed by atoms with Crippen molar-refractivity contribution in [2.24, 2.45) is 5.10 Å². The third kappa shape index (κ3) is 5.19. The van der Waals surface area contributed by atoms with E-state index in [0.29, 0.717) is 10.7 Å². The largest absolute Gasteiger partial charge is 0.443 e. The van der Waals surface area contributed by atoms with Gasteiger partial charge in [-0.2, -0.15) is 5.10 Å². The second-order valence-electron chi connectivity index (χ2n) is 4.82. The van der Waals surface area contributed by atoms with Gasteiger partial charge in [-0.25, -0.2) is 10.2 Å². The number of amides is 1. The Bertz CT molecular complexity index is 464. The number of hydrazone groups is 1. The van der Waals surface area contributed by atoms with Crippen molar-refractivity contribution in [3.8, 4) is 0 Å². The van der Waals surface area contributed by atoms with Crippen molar-refractivity contribution in [2.45, 2.75) is 33.3 Å². The first-order chi connectivity index (χ1) is 8.28. The van der Waals surface area contributed by atoms with Crippen molar-refractivity contribution >= 4 is 23.4 Å². The van der Waals surface area contributed by atoms with Gasteiger partial charge in [-0.1, -0.05) is 23.7 Å². The van der Waals surface area contributed by atoms with E-state index in [1.54, 1.807) is 39.8 Å². The highest BCUT2D eigenvalue weighted by Gasteiger charge is 2.15. The summed E-state index contributed by atoms with van der Waals surface area (Å²) in [6.45, 7) is 7.16. The van der Waals surface area contributed by atoms with E-state index < -0.39 is 11.7 Å². The molecule has 18 heavy (non-hydrogen) atoms. The lowest BCUT2D eigenvalue weighted by atomic mass is 10.1. The monoisotopic (exact) mass is 268 g/mol. The molecule has 5 heteroatoms. The van der Waals surface area contributed by atoms with Gasteiger partial charge in [-0.3, -0.25) is 0 Å². The van der Waals surface area contributed by atoms with Crippen LogP contribution < -0.4 is 5.43 Å². The molecule has 1 aromatic rings. The number of nitrogens with one attached hydrogen (secondary N) is 1. The Morgan fingerprint density at radius 2 is 2.06 bits per heavy atom. The van der Waals surface area contributed by atoms with Crippen LogP contribution in [0.3, 0.4) is 0 Å². The number of ether oxygens (including phenoxy) is 1. The molecule has 0 bridgehead atoms. The van der Waals surface area contributed by atoms with Gasteiger partial charge in [0.2, 0.25) is 0 Å². The molecule has 0 aliphatic carbocycles. The number of carbonyl (C=O) groups excluding carboxylic acids is 1. The molecule has 0 unspecified atom stereocenters. The number of nitrogens with zero attached hydrogens (tertiary/aromatic N) is 1. The van der Waals surface area contributed by atoms with Crippen LogP contribution in [0.25, 0.3) is 0 Å². The van der Waals surface area contributed by atoms with E-state index >= 15 is 0 Å². The van der Waals surface area contributed by atoms with E-state index in [1.165, 1.54) is 0 Å². The van der Waals surface area contributed by atoms with Gasteiger partial charge in [0, 0.05) is 5.02 Å². The molecule has 1 rings (SSSR count). The number of halogens is 1. The summed E-state index contributed by atoms with van der Waals surface area (Å²) in [5.74, 6) is 0. The second-order valence-corrected chi connectivity index (χ2v) is 5.26. The SMILES string of the molecule is C/C(=N/NC(=O)OC(C)(C)C)c1cccc(Cl)c1. The summed E-state index contributed by atoms with van der Waals surface area (Å²) >= 11 is 5.87. The summed E-state index contributed by atoms with van der Waals surface area (Å²) in [5, 5.41) is 4.58. The molecule has 0 fully saturated rings. The predicted octanol–water partition coefficient (Wildman–Crippen LogP) is 3.59. The number of hydrogen-bond acceptors (Lipinski definition) is 3. The minimum absolute atomic E-state index is 0.538. The number of benzene rings is 1. The minimum Gasteiger partial charge on any atom is -0.443 e. The van der Waals surface area contributed by atoms with E-state index in [0.717, 1.165) is 5.56 Å². The van der Waals surface area contributed by atoms with Crippen molar-refractivity contribution < 1.29 is 9.53 Å². The molecule has 0 radical (unpaired) electrons. The first-order valence-corrected chi connectivity index (χ1v) is 5.95. The summed E-state index contributed by atoms with van der Waals surface area (Å²) in [4.78, 5) is 11.4. The van der Waals surface area contributed by atoms with Gasteiger partial charge < -0.3 is 4.74 Å². The number of carbonyl (C=O) groups is 1. The van der Waals surface area contributed by atoms with Crippen LogP contribution in [-0.4, -0.2) is 17.4 Å². The maximum atomic E-state index is 11.4. The highest BCUT2D eigenvalue weighted by atomic mass is 35.5. The quantitative estimate of drug-likeness (QED) is 0.658. The van der Waals surface area contributed by atoms with E-state index in [2.05, 4.69) is 10.5 Å². The van der Waals surface area contributed by atoms with Crippen molar-refractivity contribution in [1.82, 2.24) is 5.43 Å². The minimum atomic E-state index is -0.580. The van der Waals surface area contributed by atoms with Crippen LogP contribution in [0.15, 0.2) is 29.4 Å². The van der Waals surface area contributed by atoms with Crippen LogP contribution >= 0.6 is 11.6 Å². The van der Waals surface area contributed by atoms with Crippen molar-refractivity contribution in [3.63, 3.8) is 0 Å². The van der Waals surface area contributed by atoms with Crippen LogP contribution in [-0.2, 0) is 4.74 Å². The van der Waals surface area contributed by atoms with Crippen molar-refractivity contribution in [3.05, 3.63) is 34.9 Å². The Labute approximate surface area is 112 Å². The smallest absolute Gasteiger partial charge is 0.428 e. The fourth-order valence-corrected chi connectivity index (χ4v) is 1.40. The average molecular weight is 269 g/mol. The van der Waals surface area contributed by atoms with Gasteiger partial charge >= 0.3 is 6.09 Å². The summed E-state index contributed by atoms with van der Waals surface area (Å²) in [5.41, 5.74) is 3.30. The highest BCUT2D eigenvalue weighted by Crippen LogP contribution is 2.11. The third-order valence-electron chi connectivity index (χ3n) is 1.96. The van der Waals surface area contributed by atoms with Gasteiger partial charge in [-0.05, 0) is 45.4 Å². The van der Waals surface area contributed by atoms with Crippen LogP contribution in [0.4, 0.5) is 4.79 Å². The molecule has 98 valence electrons. The summed E-state index contributed by atoms with van der Waals surface area (Å²) < 4.78 is 5.06. The lowest BCUT2D eigenvalue weighted by Crippen LogP contribution is -2.30. The molecule has 0 aliphatic rings. The van der Waals surface area contributed by atoms with Crippen LogP contribution in [0.5, 0.6) is 0 Å². The molecule has 1 amide bonds. The molecule has 1 aromatic carbocycles. The Balaban J connectivity index is 2.65. The predicted molar refractivity (Wildman–Crippen MR) is 73.0 cm³/mol.